The smallest absolute Gasteiger partial charge is 0.408 e. The number of carbonyl (C=O) groups is 2. The van der Waals surface area contributed by atoms with E-state index in [9.17, 15) is 19.7 Å². The number of pyridine rings is 1. The minimum Gasteiger partial charge on any atom is -0.480 e. The number of alkyl carbamates (subject to hydrolysis) is 1. The number of rotatable bonds is 6. The summed E-state index contributed by atoms with van der Waals surface area (Å²) in [7, 11) is 0. The number of aromatic nitrogens is 1. The van der Waals surface area contributed by atoms with Crippen LogP contribution in [0.15, 0.2) is 12.1 Å². The molecular weight excluding hydrogens is 322 g/mol. The van der Waals surface area contributed by atoms with Gasteiger partial charge < -0.3 is 19.9 Å². The van der Waals surface area contributed by atoms with Gasteiger partial charge in [-0.15, -0.1) is 0 Å². The van der Waals surface area contributed by atoms with Crippen LogP contribution >= 0.6 is 0 Å². The Bertz CT molecular complexity index is 640. The molecule has 0 aromatic carbocycles. The monoisotopic (exact) mass is 341 g/mol. The summed E-state index contributed by atoms with van der Waals surface area (Å²) >= 11 is 0. The maximum absolute atomic E-state index is 11.6. The number of nitro groups is 1. The zero-order valence-electron chi connectivity index (χ0n) is 13.7. The average Bonchev–Trinajstić information content (AvgIpc) is 2.40. The Morgan fingerprint density at radius 2 is 2.04 bits per heavy atom. The van der Waals surface area contributed by atoms with E-state index in [2.05, 4.69) is 10.3 Å². The molecule has 1 atom stereocenters. The van der Waals surface area contributed by atoms with E-state index in [1.807, 2.05) is 0 Å². The van der Waals surface area contributed by atoms with Gasteiger partial charge in [0.05, 0.1) is 4.92 Å². The van der Waals surface area contributed by atoms with Crippen LogP contribution in [0.5, 0.6) is 5.88 Å². The molecule has 1 heterocycles. The van der Waals surface area contributed by atoms with Crippen LogP contribution in [0.2, 0.25) is 0 Å². The molecule has 10 nitrogen and oxygen atoms in total. The molecule has 24 heavy (non-hydrogen) atoms. The number of hydrogen-bond acceptors (Lipinski definition) is 7. The molecule has 10 heteroatoms. The third kappa shape index (κ3) is 6.07. The van der Waals surface area contributed by atoms with Crippen LogP contribution in [-0.2, 0) is 9.53 Å². The highest BCUT2D eigenvalue weighted by Crippen LogP contribution is 2.24. The Kier molecular flexibility index (Phi) is 6.04. The molecule has 0 aliphatic rings. The summed E-state index contributed by atoms with van der Waals surface area (Å²) in [5.41, 5.74) is -0.741. The molecule has 0 fully saturated rings. The second kappa shape index (κ2) is 7.57. The van der Waals surface area contributed by atoms with Crippen molar-refractivity contribution in [3.8, 4) is 5.88 Å². The lowest BCUT2D eigenvalue weighted by Gasteiger charge is -2.22. The third-order valence-electron chi connectivity index (χ3n) is 2.55. The van der Waals surface area contributed by atoms with Crippen molar-refractivity contribution in [2.75, 3.05) is 6.61 Å². The van der Waals surface area contributed by atoms with Crippen LogP contribution in [0, 0.1) is 17.0 Å². The van der Waals surface area contributed by atoms with E-state index in [-0.39, 0.29) is 5.88 Å². The number of ether oxygens (including phenoxy) is 2. The van der Waals surface area contributed by atoms with E-state index in [1.54, 1.807) is 27.7 Å². The molecule has 1 aromatic rings. The van der Waals surface area contributed by atoms with Crippen molar-refractivity contribution in [2.24, 2.45) is 0 Å². The van der Waals surface area contributed by atoms with Gasteiger partial charge in [0.25, 0.3) is 5.88 Å². The molecule has 2 N–H and O–H groups in total. The number of aliphatic carboxylic acids is 1. The van der Waals surface area contributed by atoms with E-state index >= 15 is 0 Å². The Balaban J connectivity index is 2.81. The fourth-order valence-corrected chi connectivity index (χ4v) is 1.56. The number of nitrogens with zero attached hydrogens (tertiary/aromatic N) is 2. The van der Waals surface area contributed by atoms with Crippen LogP contribution < -0.4 is 10.1 Å². The average molecular weight is 341 g/mol. The number of carboxylic acids is 1. The Morgan fingerprint density at radius 1 is 1.42 bits per heavy atom. The van der Waals surface area contributed by atoms with E-state index in [4.69, 9.17) is 14.6 Å². The largest absolute Gasteiger partial charge is 0.480 e. The zero-order chi connectivity index (χ0) is 18.5. The van der Waals surface area contributed by atoms with E-state index in [1.165, 1.54) is 12.1 Å². The first-order valence-corrected chi connectivity index (χ1v) is 6.97. The van der Waals surface area contributed by atoms with Crippen LogP contribution in [0.1, 0.15) is 26.5 Å². The quantitative estimate of drug-likeness (QED) is 0.587. The molecule has 0 unspecified atom stereocenters. The van der Waals surface area contributed by atoms with Gasteiger partial charge in [-0.25, -0.2) is 14.6 Å². The molecule has 0 spiro atoms. The normalized spacial score (nSPS) is 12.2. The summed E-state index contributed by atoms with van der Waals surface area (Å²) < 4.78 is 10.1. The summed E-state index contributed by atoms with van der Waals surface area (Å²) in [6, 6.07) is 1.18. The van der Waals surface area contributed by atoms with Gasteiger partial charge in [-0.05, 0) is 33.8 Å². The predicted molar refractivity (Wildman–Crippen MR) is 81.9 cm³/mol. The molecule has 0 saturated heterocycles. The Hall–Kier alpha value is -2.91. The van der Waals surface area contributed by atoms with Gasteiger partial charge in [0, 0.05) is 11.8 Å². The van der Waals surface area contributed by atoms with Crippen LogP contribution in [0.3, 0.4) is 0 Å². The first-order chi connectivity index (χ1) is 11.0. The number of nitrogens with one attached hydrogen (secondary N) is 1. The maximum atomic E-state index is 11.6. The van der Waals surface area contributed by atoms with Gasteiger partial charge in [0.15, 0.2) is 6.04 Å². The molecule has 1 amide bonds. The molecule has 0 radical (unpaired) electrons. The van der Waals surface area contributed by atoms with Gasteiger partial charge in [-0.3, -0.25) is 10.1 Å². The molecule has 132 valence electrons. The van der Waals surface area contributed by atoms with Gasteiger partial charge in [0.1, 0.15) is 12.2 Å². The van der Waals surface area contributed by atoms with Gasteiger partial charge in [-0.1, -0.05) is 0 Å². The summed E-state index contributed by atoms with van der Waals surface area (Å²) in [4.78, 5) is 36.9. The minimum absolute atomic E-state index is 0.322. The van der Waals surface area contributed by atoms with Crippen molar-refractivity contribution >= 4 is 17.7 Å². The molecule has 0 bridgehead atoms. The highest BCUT2D eigenvalue weighted by atomic mass is 16.6. The number of aryl methyl sites for hydroxylation is 1. The van der Waals surface area contributed by atoms with Crippen molar-refractivity contribution in [1.29, 1.82) is 0 Å². The number of carboxylic acid groups (broad SMARTS) is 1. The fraction of sp³-hybridized carbons (Fsp3) is 0.500. The molecule has 1 aromatic heterocycles. The van der Waals surface area contributed by atoms with E-state index in [0.717, 1.165) is 0 Å². The third-order valence-corrected chi connectivity index (χ3v) is 2.55. The lowest BCUT2D eigenvalue weighted by atomic mass is 10.2. The highest BCUT2D eigenvalue weighted by Gasteiger charge is 2.26. The van der Waals surface area contributed by atoms with Crippen molar-refractivity contribution in [3.05, 3.63) is 27.9 Å². The van der Waals surface area contributed by atoms with Crippen LogP contribution in [0.25, 0.3) is 0 Å². The summed E-state index contributed by atoms with van der Waals surface area (Å²) in [5.74, 6) is -1.70. The number of carbonyl (C=O) groups excluding carboxylic acids is 1. The van der Waals surface area contributed by atoms with Crippen molar-refractivity contribution < 1.29 is 29.1 Å². The number of hydrogen-bond donors (Lipinski definition) is 2. The summed E-state index contributed by atoms with van der Waals surface area (Å²) in [5, 5.41) is 22.2. The fourth-order valence-electron chi connectivity index (χ4n) is 1.56. The van der Waals surface area contributed by atoms with E-state index in [0.29, 0.717) is 5.69 Å². The Morgan fingerprint density at radius 3 is 2.54 bits per heavy atom. The minimum atomic E-state index is -1.46. The second-order valence-electron chi connectivity index (χ2n) is 5.88. The lowest BCUT2D eigenvalue weighted by Crippen LogP contribution is -2.46. The van der Waals surface area contributed by atoms with Crippen molar-refractivity contribution in [3.63, 3.8) is 0 Å². The first-order valence-electron chi connectivity index (χ1n) is 6.97. The van der Waals surface area contributed by atoms with Crippen LogP contribution in [-0.4, -0.2) is 45.3 Å². The molecule has 1 rings (SSSR count). The number of amides is 1. The van der Waals surface area contributed by atoms with E-state index < -0.39 is 40.9 Å². The van der Waals surface area contributed by atoms with Crippen LogP contribution in [0.4, 0.5) is 10.5 Å². The topological polar surface area (TPSA) is 141 Å². The maximum Gasteiger partial charge on any atom is 0.408 e. The summed E-state index contributed by atoms with van der Waals surface area (Å²) in [6.07, 6.45) is -0.940. The predicted octanol–water partition coefficient (Wildman–Crippen LogP) is 1.65. The Labute approximate surface area is 137 Å². The van der Waals surface area contributed by atoms with Crippen molar-refractivity contribution in [1.82, 2.24) is 10.3 Å². The second-order valence-corrected chi connectivity index (χ2v) is 5.88. The first kappa shape index (κ1) is 19.1. The van der Waals surface area contributed by atoms with Gasteiger partial charge in [0.2, 0.25) is 0 Å². The van der Waals surface area contributed by atoms with Crippen molar-refractivity contribution in [2.45, 2.75) is 39.3 Å². The highest BCUT2D eigenvalue weighted by molar-refractivity contribution is 5.80. The molecule has 0 aliphatic carbocycles. The zero-order valence-corrected chi connectivity index (χ0v) is 13.7. The van der Waals surface area contributed by atoms with Gasteiger partial charge in [-0.2, -0.15) is 0 Å². The molecule has 0 aliphatic heterocycles. The summed E-state index contributed by atoms with van der Waals surface area (Å²) in [6.45, 7) is 5.92. The standard InChI is InChI=1S/C14H19N3O7/c1-8-5-6-10(17(21)22)11(15-8)23-7-9(12(18)19)16-13(20)24-14(2,3)4/h5-6,9H,7H2,1-4H3,(H,16,20)(H,18,19)/t9-/m0/s1. The van der Waals surface area contributed by atoms with Gasteiger partial charge >= 0.3 is 17.7 Å². The molecule has 0 saturated carbocycles. The SMILES string of the molecule is Cc1ccc([N+](=O)[O-])c(OC[C@H](NC(=O)OC(C)(C)C)C(=O)O)n1. The lowest BCUT2D eigenvalue weighted by molar-refractivity contribution is -0.386. The molecular formula is C14H19N3O7.